The van der Waals surface area contributed by atoms with Gasteiger partial charge in [0.05, 0.1) is 17.5 Å². The summed E-state index contributed by atoms with van der Waals surface area (Å²) in [5, 5.41) is 6.69. The molecule has 0 aliphatic carbocycles. The van der Waals surface area contributed by atoms with Crippen molar-refractivity contribution in [2.24, 2.45) is 5.10 Å². The third-order valence-corrected chi connectivity index (χ3v) is 7.22. The Morgan fingerprint density at radius 3 is 2.34 bits per heavy atom. The van der Waals surface area contributed by atoms with Crippen molar-refractivity contribution >= 4 is 55.2 Å². The second kappa shape index (κ2) is 9.72. The highest BCUT2D eigenvalue weighted by Crippen LogP contribution is 2.34. The van der Waals surface area contributed by atoms with Gasteiger partial charge in [-0.3, -0.25) is 9.59 Å². The van der Waals surface area contributed by atoms with Crippen LogP contribution < -0.4 is 5.56 Å². The minimum absolute atomic E-state index is 0.121. The second-order valence-electron chi connectivity index (χ2n) is 7.43. The van der Waals surface area contributed by atoms with Crippen molar-refractivity contribution in [2.45, 2.75) is 31.5 Å². The van der Waals surface area contributed by atoms with Crippen LogP contribution in [0, 0.1) is 13.8 Å². The van der Waals surface area contributed by atoms with Crippen LogP contribution in [-0.2, 0) is 4.79 Å². The van der Waals surface area contributed by atoms with Crippen LogP contribution in [0.15, 0.2) is 72.5 Å². The van der Waals surface area contributed by atoms with Crippen molar-refractivity contribution in [2.75, 3.05) is 5.75 Å². The van der Waals surface area contributed by atoms with Crippen LogP contribution in [-0.4, -0.2) is 32.3 Å². The van der Waals surface area contributed by atoms with Crippen LogP contribution in [0.2, 0.25) is 0 Å². The van der Waals surface area contributed by atoms with Gasteiger partial charge in [-0.25, -0.2) is 9.99 Å². The molecular formula is C23H20Br2N4O2S. The number of nitrogens with one attached hydrogen (secondary N) is 1. The summed E-state index contributed by atoms with van der Waals surface area (Å²) in [7, 11) is 0. The molecule has 0 spiro atoms. The summed E-state index contributed by atoms with van der Waals surface area (Å²) in [4.78, 5) is 32.3. The number of H-pyrrole nitrogens is 1. The van der Waals surface area contributed by atoms with E-state index < -0.39 is 0 Å². The van der Waals surface area contributed by atoms with Crippen molar-refractivity contribution in [1.29, 1.82) is 0 Å². The fraction of sp³-hybridized carbons (Fsp3) is 0.217. The molecular weight excluding hydrogens is 556 g/mol. The Morgan fingerprint density at radius 1 is 1.09 bits per heavy atom. The number of hydrogen-bond donors (Lipinski definition) is 1. The SMILES string of the molecule is Cc1nc(SCC(=O)N2N=C(c3ccc(Br)cc3)CC2c2ccc(Br)cc2)[nH]c(=O)c1C. The lowest BCUT2D eigenvalue weighted by Gasteiger charge is -2.22. The zero-order valence-corrected chi connectivity index (χ0v) is 21.4. The number of aromatic nitrogens is 2. The minimum atomic E-state index is -0.193. The second-order valence-corrected chi connectivity index (χ2v) is 10.2. The van der Waals surface area contributed by atoms with E-state index in [2.05, 4.69) is 41.8 Å². The number of hydrogen-bond acceptors (Lipinski definition) is 5. The van der Waals surface area contributed by atoms with Crippen molar-refractivity contribution in [3.8, 4) is 0 Å². The van der Waals surface area contributed by atoms with E-state index in [4.69, 9.17) is 5.10 Å². The number of nitrogens with zero attached hydrogens (tertiary/aromatic N) is 3. The van der Waals surface area contributed by atoms with Crippen LogP contribution in [0.25, 0.3) is 0 Å². The van der Waals surface area contributed by atoms with Crippen LogP contribution in [0.4, 0.5) is 0 Å². The van der Waals surface area contributed by atoms with Gasteiger partial charge in [0.25, 0.3) is 11.5 Å². The Labute approximate surface area is 206 Å². The van der Waals surface area contributed by atoms with Crippen molar-refractivity contribution in [1.82, 2.24) is 15.0 Å². The first-order valence-electron chi connectivity index (χ1n) is 9.93. The maximum atomic E-state index is 13.2. The first-order valence-corrected chi connectivity index (χ1v) is 12.5. The number of carbonyl (C=O) groups excluding carboxylic acids is 1. The van der Waals surface area contributed by atoms with Crippen molar-refractivity contribution < 1.29 is 4.79 Å². The van der Waals surface area contributed by atoms with Gasteiger partial charge in [-0.1, -0.05) is 67.9 Å². The smallest absolute Gasteiger partial charge is 0.254 e. The maximum Gasteiger partial charge on any atom is 0.254 e. The van der Waals surface area contributed by atoms with Crippen molar-refractivity contribution in [3.63, 3.8) is 0 Å². The molecule has 1 atom stereocenters. The molecule has 0 saturated carbocycles. The van der Waals surface area contributed by atoms with Crippen LogP contribution >= 0.6 is 43.6 Å². The van der Waals surface area contributed by atoms with E-state index >= 15 is 0 Å². The molecule has 1 aliphatic rings. The average molecular weight is 576 g/mol. The molecule has 2 heterocycles. The van der Waals surface area contributed by atoms with E-state index in [1.54, 1.807) is 18.9 Å². The van der Waals surface area contributed by atoms with Gasteiger partial charge < -0.3 is 4.98 Å². The number of amides is 1. The Balaban J connectivity index is 1.59. The molecule has 32 heavy (non-hydrogen) atoms. The molecule has 4 rings (SSSR count). The van der Waals surface area contributed by atoms with Gasteiger partial charge >= 0.3 is 0 Å². The lowest BCUT2D eigenvalue weighted by molar-refractivity contribution is -0.130. The van der Waals surface area contributed by atoms with E-state index in [0.717, 1.165) is 25.8 Å². The van der Waals surface area contributed by atoms with Crippen molar-refractivity contribution in [3.05, 3.63) is 90.2 Å². The molecule has 1 amide bonds. The molecule has 0 saturated heterocycles. The van der Waals surface area contributed by atoms with E-state index in [1.807, 2.05) is 48.5 Å². The Kier molecular flexibility index (Phi) is 6.97. The van der Waals surface area contributed by atoms with Crippen LogP contribution in [0.3, 0.4) is 0 Å². The molecule has 9 heteroatoms. The summed E-state index contributed by atoms with van der Waals surface area (Å²) in [5.41, 5.74) is 3.92. The normalized spacial score (nSPS) is 15.7. The van der Waals surface area contributed by atoms with Gasteiger partial charge in [0, 0.05) is 26.6 Å². The number of benzene rings is 2. The molecule has 164 valence electrons. The highest BCUT2D eigenvalue weighted by Gasteiger charge is 2.33. The third kappa shape index (κ3) is 5.05. The predicted octanol–water partition coefficient (Wildman–Crippen LogP) is 5.38. The lowest BCUT2D eigenvalue weighted by atomic mass is 9.98. The molecule has 3 aromatic rings. The summed E-state index contributed by atoms with van der Waals surface area (Å²) < 4.78 is 1.97. The van der Waals surface area contributed by atoms with E-state index in [0.29, 0.717) is 22.8 Å². The third-order valence-electron chi connectivity index (χ3n) is 5.30. The molecule has 2 aromatic carbocycles. The summed E-state index contributed by atoms with van der Waals surface area (Å²) >= 11 is 8.14. The molecule has 0 bridgehead atoms. The maximum absolute atomic E-state index is 13.2. The molecule has 1 unspecified atom stereocenters. The summed E-state index contributed by atoms with van der Waals surface area (Å²) in [6.45, 7) is 3.52. The number of aryl methyl sites for hydroxylation is 1. The van der Waals surface area contributed by atoms with Crippen LogP contribution in [0.1, 0.15) is 34.8 Å². The topological polar surface area (TPSA) is 78.4 Å². The van der Waals surface area contributed by atoms with Gasteiger partial charge in [0.1, 0.15) is 0 Å². The number of halogens is 2. The summed E-state index contributed by atoms with van der Waals surface area (Å²) in [6.07, 6.45) is 0.623. The monoisotopic (exact) mass is 574 g/mol. The first-order chi connectivity index (χ1) is 15.3. The fourth-order valence-corrected chi connectivity index (χ4v) is 4.67. The van der Waals surface area contributed by atoms with Gasteiger partial charge in [0.2, 0.25) is 0 Å². The Hall–Kier alpha value is -2.23. The van der Waals surface area contributed by atoms with E-state index in [-0.39, 0.29) is 23.3 Å². The quantitative estimate of drug-likeness (QED) is 0.327. The van der Waals surface area contributed by atoms with Gasteiger partial charge in [-0.05, 0) is 49.2 Å². The molecule has 1 N–H and O–H groups in total. The minimum Gasteiger partial charge on any atom is -0.301 e. The fourth-order valence-electron chi connectivity index (χ4n) is 3.39. The number of thioether (sulfide) groups is 1. The average Bonchev–Trinajstić information content (AvgIpc) is 3.22. The molecule has 0 fully saturated rings. The molecule has 1 aromatic heterocycles. The predicted molar refractivity (Wildman–Crippen MR) is 134 cm³/mol. The molecule has 1 aliphatic heterocycles. The number of hydrazone groups is 1. The number of rotatable bonds is 5. The van der Waals surface area contributed by atoms with Crippen LogP contribution in [0.5, 0.6) is 0 Å². The highest BCUT2D eigenvalue weighted by atomic mass is 79.9. The van der Waals surface area contributed by atoms with E-state index in [1.165, 1.54) is 11.8 Å². The standard InChI is InChI=1S/C23H20Br2N4O2S/c1-13-14(2)26-23(27-22(13)31)32-12-21(30)29-20(16-5-9-18(25)10-6-16)11-19(28-29)15-3-7-17(24)8-4-15/h3-10,20H,11-12H2,1-2H3,(H,26,27,31). The lowest BCUT2D eigenvalue weighted by Crippen LogP contribution is -2.28. The number of carbonyl (C=O) groups is 1. The zero-order chi connectivity index (χ0) is 22.8. The molecule has 0 radical (unpaired) electrons. The summed E-state index contributed by atoms with van der Waals surface area (Å²) in [6, 6.07) is 15.7. The first kappa shape index (κ1) is 22.9. The Bertz CT molecular complexity index is 1240. The summed E-state index contributed by atoms with van der Waals surface area (Å²) in [5.74, 6) is -0.0221. The Morgan fingerprint density at radius 2 is 1.72 bits per heavy atom. The highest BCUT2D eigenvalue weighted by molar-refractivity contribution is 9.10. The van der Waals surface area contributed by atoms with E-state index in [9.17, 15) is 9.59 Å². The number of aromatic amines is 1. The molecule has 6 nitrogen and oxygen atoms in total. The van der Waals surface area contributed by atoms with Gasteiger partial charge in [-0.15, -0.1) is 0 Å². The largest absolute Gasteiger partial charge is 0.301 e. The zero-order valence-electron chi connectivity index (χ0n) is 17.4. The van der Waals surface area contributed by atoms with Gasteiger partial charge in [-0.2, -0.15) is 5.10 Å². The van der Waals surface area contributed by atoms with Gasteiger partial charge in [0.15, 0.2) is 5.16 Å².